The molecule has 1 aromatic rings. The van der Waals surface area contributed by atoms with E-state index in [9.17, 15) is 4.79 Å². The molecule has 0 radical (unpaired) electrons. The summed E-state index contributed by atoms with van der Waals surface area (Å²) in [4.78, 5) is 13.9. The van der Waals surface area contributed by atoms with E-state index < -0.39 is 0 Å². The van der Waals surface area contributed by atoms with Gasteiger partial charge < -0.3 is 15.0 Å². The summed E-state index contributed by atoms with van der Waals surface area (Å²) in [6.45, 7) is 3.01. The number of amides is 1. The van der Waals surface area contributed by atoms with Crippen LogP contribution < -0.4 is 5.32 Å². The lowest BCUT2D eigenvalue weighted by Crippen LogP contribution is -2.34. The lowest BCUT2D eigenvalue weighted by molar-refractivity contribution is 0.0947. The van der Waals surface area contributed by atoms with Crippen LogP contribution in [0.25, 0.3) is 0 Å². The van der Waals surface area contributed by atoms with Gasteiger partial charge in [-0.1, -0.05) is 22.0 Å². The smallest absolute Gasteiger partial charge is 0.251 e. The molecule has 0 aliphatic carbocycles. The Morgan fingerprint density at radius 3 is 2.89 bits per heavy atom. The monoisotopic (exact) mass is 314 g/mol. The summed E-state index contributed by atoms with van der Waals surface area (Å²) < 4.78 is 5.90. The van der Waals surface area contributed by atoms with Gasteiger partial charge in [-0.25, -0.2) is 0 Å². The second kappa shape index (κ2) is 8.24. The first-order valence-corrected chi connectivity index (χ1v) is 6.64. The summed E-state index contributed by atoms with van der Waals surface area (Å²) in [7, 11) is 3.69. The van der Waals surface area contributed by atoms with Crippen molar-refractivity contribution in [3.8, 4) is 0 Å². The first-order valence-electron chi connectivity index (χ1n) is 5.84. The van der Waals surface area contributed by atoms with E-state index in [0.29, 0.717) is 18.7 Å². The van der Waals surface area contributed by atoms with Crippen LogP contribution in [0.1, 0.15) is 10.4 Å². The summed E-state index contributed by atoms with van der Waals surface area (Å²) in [6.07, 6.45) is 0. The number of likely N-dealkylation sites (N-methyl/N-ethyl adjacent to an activating group) is 1. The molecule has 5 heteroatoms. The molecule has 0 saturated carbocycles. The fourth-order valence-electron chi connectivity index (χ4n) is 1.45. The quantitative estimate of drug-likeness (QED) is 0.834. The lowest BCUT2D eigenvalue weighted by atomic mass is 10.2. The van der Waals surface area contributed by atoms with Crippen LogP contribution in [0.15, 0.2) is 28.7 Å². The van der Waals surface area contributed by atoms with Gasteiger partial charge in [-0.15, -0.1) is 0 Å². The Bertz CT molecular complexity index is 385. The average Bonchev–Trinajstić information content (AvgIpc) is 2.36. The van der Waals surface area contributed by atoms with E-state index in [1.165, 1.54) is 0 Å². The van der Waals surface area contributed by atoms with Gasteiger partial charge in [0.15, 0.2) is 0 Å². The Morgan fingerprint density at radius 2 is 2.22 bits per heavy atom. The van der Waals surface area contributed by atoms with Gasteiger partial charge in [-0.2, -0.15) is 0 Å². The fraction of sp³-hybridized carbons (Fsp3) is 0.462. The van der Waals surface area contributed by atoms with Crippen LogP contribution >= 0.6 is 15.9 Å². The highest BCUT2D eigenvalue weighted by Crippen LogP contribution is 2.11. The maximum absolute atomic E-state index is 11.8. The van der Waals surface area contributed by atoms with Crippen molar-refractivity contribution in [1.29, 1.82) is 0 Å². The maximum atomic E-state index is 11.8. The third-order valence-corrected chi connectivity index (χ3v) is 3.04. The molecule has 1 rings (SSSR count). The maximum Gasteiger partial charge on any atom is 0.251 e. The molecule has 0 bridgehead atoms. The van der Waals surface area contributed by atoms with Crippen LogP contribution in [0.4, 0.5) is 0 Å². The van der Waals surface area contributed by atoms with E-state index >= 15 is 0 Å². The lowest BCUT2D eigenvalue weighted by Gasteiger charge is -2.16. The summed E-state index contributed by atoms with van der Waals surface area (Å²) >= 11 is 3.35. The second-order valence-electron chi connectivity index (χ2n) is 4.06. The number of methoxy groups -OCH3 is 1. The minimum absolute atomic E-state index is 0.0450. The van der Waals surface area contributed by atoms with E-state index in [-0.39, 0.29) is 5.91 Å². The van der Waals surface area contributed by atoms with Crippen molar-refractivity contribution in [2.45, 2.75) is 0 Å². The van der Waals surface area contributed by atoms with E-state index in [1.807, 2.05) is 25.2 Å². The summed E-state index contributed by atoms with van der Waals surface area (Å²) in [5.74, 6) is -0.0450. The molecule has 0 unspecified atom stereocenters. The van der Waals surface area contributed by atoms with E-state index in [4.69, 9.17) is 4.74 Å². The first kappa shape index (κ1) is 15.1. The minimum atomic E-state index is -0.0450. The van der Waals surface area contributed by atoms with Gasteiger partial charge in [-0.05, 0) is 25.2 Å². The number of hydrogen-bond donors (Lipinski definition) is 1. The number of nitrogens with zero attached hydrogens (tertiary/aromatic N) is 1. The minimum Gasteiger partial charge on any atom is -0.383 e. The second-order valence-corrected chi connectivity index (χ2v) is 4.98. The number of benzene rings is 1. The highest BCUT2D eigenvalue weighted by Gasteiger charge is 2.05. The molecule has 0 aromatic heterocycles. The molecule has 0 fully saturated rings. The highest BCUT2D eigenvalue weighted by molar-refractivity contribution is 9.10. The van der Waals surface area contributed by atoms with Crippen LogP contribution in [0.5, 0.6) is 0 Å². The normalized spacial score (nSPS) is 10.7. The number of carbonyl (C=O) groups is 1. The van der Waals surface area contributed by atoms with Crippen LogP contribution in [0, 0.1) is 0 Å². The molecular formula is C13H19BrN2O2. The van der Waals surface area contributed by atoms with Gasteiger partial charge in [0.05, 0.1) is 6.61 Å². The molecule has 100 valence electrons. The molecule has 0 heterocycles. The molecule has 0 saturated heterocycles. The van der Waals surface area contributed by atoms with Gasteiger partial charge in [0.25, 0.3) is 5.91 Å². The van der Waals surface area contributed by atoms with Crippen molar-refractivity contribution in [1.82, 2.24) is 10.2 Å². The number of rotatable bonds is 7. The zero-order chi connectivity index (χ0) is 13.4. The van der Waals surface area contributed by atoms with Crippen molar-refractivity contribution >= 4 is 21.8 Å². The Labute approximate surface area is 116 Å². The summed E-state index contributed by atoms with van der Waals surface area (Å²) in [5.41, 5.74) is 0.670. The molecule has 18 heavy (non-hydrogen) atoms. The highest BCUT2D eigenvalue weighted by atomic mass is 79.9. The SMILES string of the molecule is COCCN(C)CCNC(=O)c1cccc(Br)c1. The third-order valence-electron chi connectivity index (χ3n) is 2.54. The summed E-state index contributed by atoms with van der Waals surface area (Å²) in [6, 6.07) is 7.36. The largest absolute Gasteiger partial charge is 0.383 e. The first-order chi connectivity index (χ1) is 8.63. The number of nitrogens with one attached hydrogen (secondary N) is 1. The molecular weight excluding hydrogens is 296 g/mol. The van der Waals surface area contributed by atoms with Crippen LogP contribution in [-0.2, 0) is 4.74 Å². The zero-order valence-corrected chi connectivity index (χ0v) is 12.4. The van der Waals surface area contributed by atoms with Crippen molar-refractivity contribution in [3.63, 3.8) is 0 Å². The standard InChI is InChI=1S/C13H19BrN2O2/c1-16(8-9-18-2)7-6-15-13(17)11-4-3-5-12(14)10-11/h3-5,10H,6-9H2,1-2H3,(H,15,17). The van der Waals surface area contributed by atoms with Gasteiger partial charge in [0.1, 0.15) is 0 Å². The predicted octanol–water partition coefficient (Wildman–Crippen LogP) is 1.76. The van der Waals surface area contributed by atoms with Crippen LogP contribution in [0.3, 0.4) is 0 Å². The number of carbonyl (C=O) groups excluding carboxylic acids is 1. The molecule has 0 atom stereocenters. The van der Waals surface area contributed by atoms with Gasteiger partial charge >= 0.3 is 0 Å². The van der Waals surface area contributed by atoms with Crippen molar-refractivity contribution in [3.05, 3.63) is 34.3 Å². The Kier molecular flexibility index (Phi) is 6.93. The molecule has 0 spiro atoms. The average molecular weight is 315 g/mol. The zero-order valence-electron chi connectivity index (χ0n) is 10.8. The van der Waals surface area contributed by atoms with Crippen molar-refractivity contribution in [2.24, 2.45) is 0 Å². The molecule has 0 aliphatic rings. The number of halogens is 1. The molecule has 1 N–H and O–H groups in total. The number of hydrogen-bond acceptors (Lipinski definition) is 3. The van der Waals surface area contributed by atoms with Crippen LogP contribution in [-0.4, -0.2) is 51.2 Å². The Hall–Kier alpha value is -0.910. The van der Waals surface area contributed by atoms with Crippen molar-refractivity contribution < 1.29 is 9.53 Å². The topological polar surface area (TPSA) is 41.6 Å². The number of ether oxygens (including phenoxy) is 1. The predicted molar refractivity (Wildman–Crippen MR) is 75.8 cm³/mol. The molecule has 0 aliphatic heterocycles. The Morgan fingerprint density at radius 1 is 1.44 bits per heavy atom. The Balaban J connectivity index is 2.29. The van der Waals surface area contributed by atoms with E-state index in [0.717, 1.165) is 17.6 Å². The fourth-order valence-corrected chi connectivity index (χ4v) is 1.85. The van der Waals surface area contributed by atoms with Crippen molar-refractivity contribution in [2.75, 3.05) is 40.4 Å². The van der Waals surface area contributed by atoms with E-state index in [2.05, 4.69) is 26.1 Å². The summed E-state index contributed by atoms with van der Waals surface area (Å²) in [5, 5.41) is 2.89. The van der Waals surface area contributed by atoms with Crippen LogP contribution in [0.2, 0.25) is 0 Å². The third kappa shape index (κ3) is 5.62. The molecule has 1 aromatic carbocycles. The molecule has 4 nitrogen and oxygen atoms in total. The molecule has 1 amide bonds. The van der Waals surface area contributed by atoms with Gasteiger partial charge in [-0.3, -0.25) is 4.79 Å². The van der Waals surface area contributed by atoms with Gasteiger partial charge in [0, 0.05) is 36.8 Å². The van der Waals surface area contributed by atoms with E-state index in [1.54, 1.807) is 13.2 Å². The van der Waals surface area contributed by atoms with Gasteiger partial charge in [0.2, 0.25) is 0 Å².